The lowest BCUT2D eigenvalue weighted by Crippen LogP contribution is -2.05. The zero-order chi connectivity index (χ0) is 14.7. The largest absolute Gasteiger partial charge is 0.452 e. The summed E-state index contributed by atoms with van der Waals surface area (Å²) < 4.78 is 10.8. The maximum Gasteiger partial charge on any atom is 0.338 e. The van der Waals surface area contributed by atoms with Crippen LogP contribution in [0.1, 0.15) is 32.3 Å². The molecule has 110 valence electrons. The van der Waals surface area contributed by atoms with Crippen LogP contribution in [0.3, 0.4) is 0 Å². The van der Waals surface area contributed by atoms with Gasteiger partial charge in [0.2, 0.25) is 5.89 Å². The molecule has 1 saturated heterocycles. The first-order valence-electron chi connectivity index (χ1n) is 6.51. The number of thioether (sulfide) groups is 2. The van der Waals surface area contributed by atoms with Crippen LogP contribution >= 0.6 is 23.5 Å². The summed E-state index contributed by atoms with van der Waals surface area (Å²) in [6, 6.07) is 7.58. The minimum atomic E-state index is -0.385. The van der Waals surface area contributed by atoms with Crippen LogP contribution < -0.4 is 0 Å². The van der Waals surface area contributed by atoms with E-state index in [0.29, 0.717) is 21.9 Å². The van der Waals surface area contributed by atoms with E-state index >= 15 is 0 Å². The van der Waals surface area contributed by atoms with Crippen LogP contribution in [0, 0.1) is 6.92 Å². The van der Waals surface area contributed by atoms with E-state index in [9.17, 15) is 4.79 Å². The van der Waals surface area contributed by atoms with Gasteiger partial charge in [-0.05, 0) is 17.7 Å². The average molecular weight is 322 g/mol. The molecule has 0 N–H and O–H groups in total. The second kappa shape index (κ2) is 6.53. The van der Waals surface area contributed by atoms with Gasteiger partial charge in [0.15, 0.2) is 6.61 Å². The van der Waals surface area contributed by atoms with Crippen molar-refractivity contribution in [3.63, 3.8) is 0 Å². The SMILES string of the molecule is Cc1nnc(COC(=O)c2ccc(C3SCCS3)cc2)o1. The molecule has 0 amide bonds. The molecule has 1 aromatic heterocycles. The number of nitrogens with zero attached hydrogens (tertiary/aromatic N) is 2. The molecule has 0 aliphatic carbocycles. The third-order valence-corrected chi connectivity index (χ3v) is 6.04. The van der Waals surface area contributed by atoms with Gasteiger partial charge in [0.05, 0.1) is 10.1 Å². The Balaban J connectivity index is 1.59. The van der Waals surface area contributed by atoms with E-state index in [1.807, 2.05) is 35.7 Å². The molecule has 1 aliphatic heterocycles. The number of carbonyl (C=O) groups is 1. The molecule has 7 heteroatoms. The molecule has 0 unspecified atom stereocenters. The van der Waals surface area contributed by atoms with Crippen molar-refractivity contribution in [2.45, 2.75) is 18.1 Å². The van der Waals surface area contributed by atoms with E-state index in [-0.39, 0.29) is 12.6 Å². The minimum absolute atomic E-state index is 0.00421. The van der Waals surface area contributed by atoms with Gasteiger partial charge in [-0.1, -0.05) is 12.1 Å². The van der Waals surface area contributed by atoms with E-state index in [0.717, 1.165) is 0 Å². The molecule has 0 radical (unpaired) electrons. The van der Waals surface area contributed by atoms with Crippen LogP contribution in [-0.4, -0.2) is 27.7 Å². The van der Waals surface area contributed by atoms with E-state index in [4.69, 9.17) is 9.15 Å². The van der Waals surface area contributed by atoms with Gasteiger partial charge in [-0.15, -0.1) is 33.7 Å². The maximum absolute atomic E-state index is 11.9. The molecule has 0 atom stereocenters. The first-order valence-corrected chi connectivity index (χ1v) is 8.61. The van der Waals surface area contributed by atoms with Crippen molar-refractivity contribution in [1.29, 1.82) is 0 Å². The van der Waals surface area contributed by atoms with Crippen molar-refractivity contribution < 1.29 is 13.9 Å². The lowest BCUT2D eigenvalue weighted by Gasteiger charge is -2.08. The second-order valence-electron chi connectivity index (χ2n) is 4.49. The number of benzene rings is 1. The van der Waals surface area contributed by atoms with Crippen LogP contribution in [0.2, 0.25) is 0 Å². The lowest BCUT2D eigenvalue weighted by molar-refractivity contribution is 0.0437. The smallest absolute Gasteiger partial charge is 0.338 e. The fourth-order valence-corrected chi connectivity index (χ4v) is 4.79. The Kier molecular flexibility index (Phi) is 4.50. The van der Waals surface area contributed by atoms with Gasteiger partial charge >= 0.3 is 5.97 Å². The molecule has 1 aromatic carbocycles. The van der Waals surface area contributed by atoms with Crippen LogP contribution in [-0.2, 0) is 11.3 Å². The van der Waals surface area contributed by atoms with Crippen LogP contribution in [0.25, 0.3) is 0 Å². The molecule has 5 nitrogen and oxygen atoms in total. The topological polar surface area (TPSA) is 65.2 Å². The Morgan fingerprint density at radius 2 is 2.00 bits per heavy atom. The number of aryl methyl sites for hydroxylation is 1. The Hall–Kier alpha value is -1.47. The van der Waals surface area contributed by atoms with Crippen LogP contribution in [0.4, 0.5) is 0 Å². The number of carbonyl (C=O) groups excluding carboxylic acids is 1. The molecule has 2 aromatic rings. The number of rotatable bonds is 4. The van der Waals surface area contributed by atoms with Gasteiger partial charge in [0.25, 0.3) is 5.89 Å². The first-order chi connectivity index (χ1) is 10.2. The molecule has 0 bridgehead atoms. The predicted octanol–water partition coefficient (Wildman–Crippen LogP) is 3.21. The highest BCUT2D eigenvalue weighted by Gasteiger charge is 2.18. The summed E-state index contributed by atoms with van der Waals surface area (Å²) >= 11 is 3.88. The van der Waals surface area contributed by atoms with Gasteiger partial charge in [-0.3, -0.25) is 0 Å². The summed E-state index contributed by atoms with van der Waals surface area (Å²) in [5.74, 6) is 2.74. The first kappa shape index (κ1) is 14.5. The highest BCUT2D eigenvalue weighted by atomic mass is 32.2. The molecular weight excluding hydrogens is 308 g/mol. The van der Waals surface area contributed by atoms with Gasteiger partial charge in [-0.2, -0.15) is 0 Å². The molecular formula is C14H14N2O3S2. The van der Waals surface area contributed by atoms with Gasteiger partial charge < -0.3 is 9.15 Å². The Morgan fingerprint density at radius 1 is 1.29 bits per heavy atom. The number of esters is 1. The normalized spacial score (nSPS) is 15.3. The highest BCUT2D eigenvalue weighted by molar-refractivity contribution is 8.19. The number of hydrogen-bond donors (Lipinski definition) is 0. The summed E-state index contributed by atoms with van der Waals surface area (Å²) in [5, 5.41) is 7.46. The van der Waals surface area contributed by atoms with E-state index in [2.05, 4.69) is 10.2 Å². The number of hydrogen-bond acceptors (Lipinski definition) is 7. The summed E-state index contributed by atoms with van der Waals surface area (Å²) in [7, 11) is 0. The fraction of sp³-hybridized carbons (Fsp3) is 0.357. The van der Waals surface area contributed by atoms with Crippen molar-refractivity contribution >= 4 is 29.5 Å². The van der Waals surface area contributed by atoms with Crippen molar-refractivity contribution in [2.24, 2.45) is 0 Å². The summed E-state index contributed by atoms with van der Waals surface area (Å²) in [6.45, 7) is 1.69. The summed E-state index contributed by atoms with van der Waals surface area (Å²) in [5.41, 5.74) is 1.77. The van der Waals surface area contributed by atoms with Gasteiger partial charge in [0, 0.05) is 18.4 Å². The molecule has 21 heavy (non-hydrogen) atoms. The Labute approximate surface area is 130 Å². The molecule has 3 rings (SSSR count). The second-order valence-corrected chi connectivity index (χ2v) is 7.21. The van der Waals surface area contributed by atoms with E-state index in [1.54, 1.807) is 19.1 Å². The number of ether oxygens (including phenoxy) is 1. The zero-order valence-electron chi connectivity index (χ0n) is 11.4. The molecule has 0 spiro atoms. The van der Waals surface area contributed by atoms with Gasteiger partial charge in [-0.25, -0.2) is 4.79 Å². The summed E-state index contributed by atoms with van der Waals surface area (Å²) in [6.07, 6.45) is 0. The fourth-order valence-electron chi connectivity index (χ4n) is 1.93. The third kappa shape index (κ3) is 3.59. The lowest BCUT2D eigenvalue weighted by atomic mass is 10.1. The van der Waals surface area contributed by atoms with Crippen LogP contribution in [0.15, 0.2) is 28.7 Å². The molecule has 2 heterocycles. The Bertz CT molecular complexity index is 621. The zero-order valence-corrected chi connectivity index (χ0v) is 13.1. The highest BCUT2D eigenvalue weighted by Crippen LogP contribution is 2.45. The quantitative estimate of drug-likeness (QED) is 0.801. The predicted molar refractivity (Wildman–Crippen MR) is 82.3 cm³/mol. The number of aromatic nitrogens is 2. The molecule has 1 aliphatic rings. The third-order valence-electron chi connectivity index (χ3n) is 2.93. The summed E-state index contributed by atoms with van der Waals surface area (Å²) in [4.78, 5) is 11.9. The van der Waals surface area contributed by atoms with Crippen molar-refractivity contribution in [2.75, 3.05) is 11.5 Å². The van der Waals surface area contributed by atoms with Crippen molar-refractivity contribution in [1.82, 2.24) is 10.2 Å². The maximum atomic E-state index is 11.9. The van der Waals surface area contributed by atoms with E-state index in [1.165, 1.54) is 17.1 Å². The molecule has 0 saturated carbocycles. The molecule has 1 fully saturated rings. The van der Waals surface area contributed by atoms with Crippen molar-refractivity contribution in [3.8, 4) is 0 Å². The average Bonchev–Trinajstić information content (AvgIpc) is 3.16. The van der Waals surface area contributed by atoms with Gasteiger partial charge in [0.1, 0.15) is 0 Å². The Morgan fingerprint density at radius 3 is 2.62 bits per heavy atom. The minimum Gasteiger partial charge on any atom is -0.452 e. The standard InChI is InChI=1S/C14H14N2O3S2/c1-9-15-16-12(19-9)8-18-13(17)10-2-4-11(5-3-10)14-20-6-7-21-14/h2-5,14H,6-8H2,1H3. The van der Waals surface area contributed by atoms with Crippen LogP contribution in [0.5, 0.6) is 0 Å². The van der Waals surface area contributed by atoms with Crippen molar-refractivity contribution in [3.05, 3.63) is 47.2 Å². The monoisotopic (exact) mass is 322 g/mol. The van der Waals surface area contributed by atoms with E-state index < -0.39 is 0 Å².